The minimum Gasteiger partial charge on any atom is -0.486 e. The Hall–Kier alpha value is -3.29. The zero-order valence-electron chi connectivity index (χ0n) is 15.0. The second-order valence-electron chi connectivity index (χ2n) is 6.69. The average Bonchev–Trinajstić information content (AvgIpc) is 2.91. The van der Waals surface area contributed by atoms with Crippen LogP contribution in [-0.2, 0) is 18.4 Å². The lowest BCUT2D eigenvalue weighted by atomic mass is 10.1. The van der Waals surface area contributed by atoms with Gasteiger partial charge in [-0.05, 0) is 25.1 Å². The number of likely N-dealkylation sites (tertiary alicyclic amines) is 1. The Bertz CT molecular complexity index is 1130. The number of ether oxygens (including phenoxy) is 1. The van der Waals surface area contributed by atoms with E-state index in [9.17, 15) is 14.4 Å². The molecule has 140 valence electrons. The lowest BCUT2D eigenvalue weighted by Gasteiger charge is -2.39. The number of oxazole rings is 1. The molecule has 3 aromatic rings. The summed E-state index contributed by atoms with van der Waals surface area (Å²) in [6.45, 7) is 2.58. The predicted molar refractivity (Wildman–Crippen MR) is 97.9 cm³/mol. The van der Waals surface area contributed by atoms with Gasteiger partial charge in [0.1, 0.15) is 18.4 Å². The van der Waals surface area contributed by atoms with Crippen LogP contribution in [0.4, 0.5) is 0 Å². The Morgan fingerprint density at radius 1 is 1.22 bits per heavy atom. The van der Waals surface area contributed by atoms with E-state index < -0.39 is 5.76 Å². The van der Waals surface area contributed by atoms with Gasteiger partial charge in [-0.15, -0.1) is 0 Å². The van der Waals surface area contributed by atoms with Crippen molar-refractivity contribution in [2.75, 3.05) is 13.1 Å². The van der Waals surface area contributed by atoms with Gasteiger partial charge in [-0.2, -0.15) is 0 Å². The molecule has 8 heteroatoms. The second kappa shape index (κ2) is 6.46. The Balaban J connectivity index is 1.39. The number of pyridine rings is 1. The average molecular weight is 369 g/mol. The van der Waals surface area contributed by atoms with Crippen molar-refractivity contribution in [2.24, 2.45) is 7.05 Å². The Labute approximate surface area is 154 Å². The Kier molecular flexibility index (Phi) is 4.10. The zero-order valence-corrected chi connectivity index (χ0v) is 15.0. The molecular formula is C19H19N3O5. The summed E-state index contributed by atoms with van der Waals surface area (Å²) >= 11 is 0. The maximum Gasteiger partial charge on any atom is 0.420 e. The molecule has 0 aliphatic carbocycles. The van der Waals surface area contributed by atoms with E-state index in [0.29, 0.717) is 29.9 Å². The number of aromatic nitrogens is 2. The molecule has 1 saturated heterocycles. The molecule has 4 rings (SSSR count). The number of rotatable bonds is 4. The van der Waals surface area contributed by atoms with Crippen LogP contribution < -0.4 is 16.1 Å². The molecule has 8 nitrogen and oxygen atoms in total. The highest BCUT2D eigenvalue weighted by atomic mass is 16.5. The highest BCUT2D eigenvalue weighted by molar-refractivity contribution is 5.80. The van der Waals surface area contributed by atoms with Gasteiger partial charge in [0.05, 0.1) is 18.6 Å². The van der Waals surface area contributed by atoms with Crippen LogP contribution in [-0.4, -0.2) is 39.1 Å². The monoisotopic (exact) mass is 369 g/mol. The molecule has 1 amide bonds. The van der Waals surface area contributed by atoms with Crippen LogP contribution in [0.15, 0.2) is 50.4 Å². The molecule has 0 N–H and O–H groups in total. The van der Waals surface area contributed by atoms with Crippen LogP contribution in [0, 0.1) is 6.92 Å². The standard InChI is InChI=1S/C19H19N3O5/c1-12-7-13(8-17(23)20(12)2)26-14-9-21(10-14)18(24)11-22-15-5-3-4-6-16(15)27-19(22)25/h3-8,14H,9-11H2,1-2H3. The molecule has 1 aliphatic heterocycles. The first-order valence-corrected chi connectivity index (χ1v) is 8.63. The predicted octanol–water partition coefficient (Wildman–Crippen LogP) is 0.891. The highest BCUT2D eigenvalue weighted by Gasteiger charge is 2.33. The molecule has 1 aromatic carbocycles. The fourth-order valence-electron chi connectivity index (χ4n) is 3.11. The normalized spacial score (nSPS) is 14.4. The van der Waals surface area contributed by atoms with Crippen molar-refractivity contribution in [1.82, 2.24) is 14.0 Å². The number of carbonyl (C=O) groups is 1. The minimum absolute atomic E-state index is 0.0758. The summed E-state index contributed by atoms with van der Waals surface area (Å²) in [6, 6.07) is 10.2. The Morgan fingerprint density at radius 3 is 2.70 bits per heavy atom. The van der Waals surface area contributed by atoms with Crippen molar-refractivity contribution in [3.8, 4) is 5.75 Å². The molecule has 0 spiro atoms. The molecule has 1 aliphatic rings. The number of para-hydroxylation sites is 2. The number of nitrogens with zero attached hydrogens (tertiary/aromatic N) is 3. The molecular weight excluding hydrogens is 350 g/mol. The number of hydrogen-bond acceptors (Lipinski definition) is 5. The first kappa shape index (κ1) is 17.1. The van der Waals surface area contributed by atoms with Crippen molar-refractivity contribution >= 4 is 17.0 Å². The number of fused-ring (bicyclic) bond motifs is 1. The van der Waals surface area contributed by atoms with Crippen LogP contribution in [0.2, 0.25) is 0 Å². The number of benzene rings is 1. The summed E-state index contributed by atoms with van der Waals surface area (Å²) in [5, 5.41) is 0. The van der Waals surface area contributed by atoms with Crippen molar-refractivity contribution in [2.45, 2.75) is 19.6 Å². The van der Waals surface area contributed by atoms with E-state index in [2.05, 4.69) is 0 Å². The summed E-state index contributed by atoms with van der Waals surface area (Å²) in [5.74, 6) is -0.220. The van der Waals surface area contributed by atoms with Gasteiger partial charge in [-0.1, -0.05) is 12.1 Å². The Morgan fingerprint density at radius 2 is 1.96 bits per heavy atom. The molecule has 0 unspecified atom stereocenters. The third kappa shape index (κ3) is 3.14. The molecule has 3 heterocycles. The van der Waals surface area contributed by atoms with Gasteiger partial charge in [0.25, 0.3) is 5.56 Å². The van der Waals surface area contributed by atoms with Crippen LogP contribution >= 0.6 is 0 Å². The smallest absolute Gasteiger partial charge is 0.420 e. The molecule has 0 bridgehead atoms. The van der Waals surface area contributed by atoms with E-state index >= 15 is 0 Å². The van der Waals surface area contributed by atoms with Gasteiger partial charge in [-0.3, -0.25) is 14.2 Å². The molecule has 2 aromatic heterocycles. The lowest BCUT2D eigenvalue weighted by Crippen LogP contribution is -2.57. The van der Waals surface area contributed by atoms with Crippen LogP contribution in [0.3, 0.4) is 0 Å². The van der Waals surface area contributed by atoms with E-state index in [1.54, 1.807) is 42.3 Å². The van der Waals surface area contributed by atoms with Crippen molar-refractivity contribution in [1.29, 1.82) is 0 Å². The fraction of sp³-hybridized carbons (Fsp3) is 0.316. The van der Waals surface area contributed by atoms with E-state index in [-0.39, 0.29) is 24.1 Å². The van der Waals surface area contributed by atoms with E-state index in [0.717, 1.165) is 5.69 Å². The minimum atomic E-state index is -0.548. The van der Waals surface area contributed by atoms with Gasteiger partial charge in [0.2, 0.25) is 5.91 Å². The molecule has 0 atom stereocenters. The quantitative estimate of drug-likeness (QED) is 0.682. The van der Waals surface area contributed by atoms with Crippen LogP contribution in [0.1, 0.15) is 5.69 Å². The zero-order chi connectivity index (χ0) is 19.1. The third-order valence-corrected chi connectivity index (χ3v) is 4.85. The van der Waals surface area contributed by atoms with E-state index in [1.165, 1.54) is 15.2 Å². The summed E-state index contributed by atoms with van der Waals surface area (Å²) in [7, 11) is 1.70. The van der Waals surface area contributed by atoms with Gasteiger partial charge in [-0.25, -0.2) is 4.79 Å². The summed E-state index contributed by atoms with van der Waals surface area (Å²) in [6.07, 6.45) is -0.168. The van der Waals surface area contributed by atoms with E-state index in [4.69, 9.17) is 9.15 Å². The molecule has 1 fully saturated rings. The van der Waals surface area contributed by atoms with Gasteiger partial charge in [0, 0.05) is 18.8 Å². The number of amides is 1. The van der Waals surface area contributed by atoms with Gasteiger partial charge in [0.15, 0.2) is 5.58 Å². The number of aryl methyl sites for hydroxylation is 1. The van der Waals surface area contributed by atoms with Crippen LogP contribution in [0.25, 0.3) is 11.1 Å². The second-order valence-corrected chi connectivity index (χ2v) is 6.69. The largest absolute Gasteiger partial charge is 0.486 e. The number of hydrogen-bond donors (Lipinski definition) is 0. The van der Waals surface area contributed by atoms with Crippen molar-refractivity contribution in [3.63, 3.8) is 0 Å². The van der Waals surface area contributed by atoms with Gasteiger partial charge >= 0.3 is 5.76 Å². The first-order valence-electron chi connectivity index (χ1n) is 8.63. The molecule has 27 heavy (non-hydrogen) atoms. The molecule has 0 saturated carbocycles. The maximum atomic E-state index is 12.5. The summed E-state index contributed by atoms with van der Waals surface area (Å²) in [5.41, 5.74) is 1.72. The van der Waals surface area contributed by atoms with Crippen molar-refractivity contribution < 1.29 is 13.9 Å². The van der Waals surface area contributed by atoms with Crippen LogP contribution in [0.5, 0.6) is 5.75 Å². The lowest BCUT2D eigenvalue weighted by molar-refractivity contribution is -0.140. The topological polar surface area (TPSA) is 86.7 Å². The SMILES string of the molecule is Cc1cc(OC2CN(C(=O)Cn3c(=O)oc4ccccc43)C2)cc(=O)n1C. The van der Waals surface area contributed by atoms with Gasteiger partial charge < -0.3 is 18.6 Å². The molecule has 0 radical (unpaired) electrons. The third-order valence-electron chi connectivity index (χ3n) is 4.85. The number of carbonyl (C=O) groups excluding carboxylic acids is 1. The fourth-order valence-corrected chi connectivity index (χ4v) is 3.11. The van der Waals surface area contributed by atoms with Crippen molar-refractivity contribution in [3.05, 3.63) is 63.0 Å². The first-order chi connectivity index (χ1) is 12.9. The highest BCUT2D eigenvalue weighted by Crippen LogP contribution is 2.19. The van der Waals surface area contributed by atoms with E-state index in [1.807, 2.05) is 6.92 Å². The summed E-state index contributed by atoms with van der Waals surface area (Å²) < 4.78 is 13.8. The summed E-state index contributed by atoms with van der Waals surface area (Å²) in [4.78, 5) is 37.9. The maximum absolute atomic E-state index is 12.5.